The summed E-state index contributed by atoms with van der Waals surface area (Å²) in [4.78, 5) is 0. The lowest BCUT2D eigenvalue weighted by atomic mass is 9.95. The number of methoxy groups -OCH3 is 1. The van der Waals surface area contributed by atoms with Gasteiger partial charge in [-0.25, -0.2) is 9.40 Å². The number of hydrogen-bond donors (Lipinski definition) is 1. The van der Waals surface area contributed by atoms with Gasteiger partial charge in [0.1, 0.15) is 23.1 Å². The molecule has 0 saturated heterocycles. The minimum atomic E-state index is -0.693. The summed E-state index contributed by atoms with van der Waals surface area (Å²) in [5.41, 5.74) is 2.71. The van der Waals surface area contributed by atoms with Gasteiger partial charge in [-0.1, -0.05) is 36.4 Å². The van der Waals surface area contributed by atoms with Crippen LogP contribution in [0.15, 0.2) is 71.8 Å². The first-order valence-corrected chi connectivity index (χ1v) is 9.39. The van der Waals surface area contributed by atoms with Crippen LogP contribution in [0.3, 0.4) is 0 Å². The number of benzene rings is 3. The van der Waals surface area contributed by atoms with Gasteiger partial charge in [-0.2, -0.15) is 5.10 Å². The number of phenolic OH excluding ortho intramolecular Hbond substituents is 1. The van der Waals surface area contributed by atoms with Crippen LogP contribution in [0.4, 0.5) is 4.39 Å². The second kappa shape index (κ2) is 6.81. The molecule has 29 heavy (non-hydrogen) atoms. The van der Waals surface area contributed by atoms with Crippen molar-refractivity contribution in [2.24, 2.45) is 5.10 Å². The highest BCUT2D eigenvalue weighted by Crippen LogP contribution is 2.48. The van der Waals surface area contributed by atoms with E-state index in [2.05, 4.69) is 0 Å². The molecule has 0 spiro atoms. The summed E-state index contributed by atoms with van der Waals surface area (Å²) < 4.78 is 26.0. The number of rotatable bonds is 3. The molecule has 2 aliphatic rings. The third-order valence-corrected chi connectivity index (χ3v) is 5.38. The average molecular weight is 390 g/mol. The molecule has 2 heterocycles. The zero-order valence-corrected chi connectivity index (χ0v) is 15.7. The van der Waals surface area contributed by atoms with Crippen molar-refractivity contribution < 1.29 is 19.0 Å². The predicted octanol–water partition coefficient (Wildman–Crippen LogP) is 4.78. The quantitative estimate of drug-likeness (QED) is 0.699. The topological polar surface area (TPSA) is 54.3 Å². The smallest absolute Gasteiger partial charge is 0.216 e. The van der Waals surface area contributed by atoms with Gasteiger partial charge in [-0.3, -0.25) is 0 Å². The second-order valence-electron chi connectivity index (χ2n) is 7.06. The predicted molar refractivity (Wildman–Crippen MR) is 107 cm³/mol. The summed E-state index contributed by atoms with van der Waals surface area (Å²) in [6, 6.07) is 19.2. The zero-order valence-electron chi connectivity index (χ0n) is 15.7. The molecule has 3 aromatic carbocycles. The summed E-state index contributed by atoms with van der Waals surface area (Å²) in [7, 11) is 1.58. The Kier molecular flexibility index (Phi) is 4.12. The minimum Gasteiger partial charge on any atom is -0.507 e. The Labute approximate surface area is 167 Å². The van der Waals surface area contributed by atoms with Gasteiger partial charge < -0.3 is 14.6 Å². The molecule has 2 aliphatic heterocycles. The van der Waals surface area contributed by atoms with Crippen LogP contribution in [-0.2, 0) is 0 Å². The van der Waals surface area contributed by atoms with Crippen LogP contribution in [0.2, 0.25) is 0 Å². The summed E-state index contributed by atoms with van der Waals surface area (Å²) in [6.07, 6.45) is -0.132. The van der Waals surface area contributed by atoms with Gasteiger partial charge in [0.25, 0.3) is 0 Å². The molecule has 0 bridgehead atoms. The number of para-hydroxylation sites is 1. The Morgan fingerprint density at radius 3 is 2.62 bits per heavy atom. The van der Waals surface area contributed by atoms with Crippen LogP contribution < -0.4 is 9.47 Å². The van der Waals surface area contributed by atoms with Crippen LogP contribution in [-0.4, -0.2) is 22.9 Å². The SMILES string of the molecule is COc1ccc(O)c(C2=NN3[C@H](C2)c2ccccc2O[C@@H]3c2ccccc2F)c1. The third-order valence-electron chi connectivity index (χ3n) is 5.38. The largest absolute Gasteiger partial charge is 0.507 e. The first-order chi connectivity index (χ1) is 14.2. The molecule has 0 aromatic heterocycles. The molecule has 5 rings (SSSR count). The fourth-order valence-corrected chi connectivity index (χ4v) is 3.95. The summed E-state index contributed by atoms with van der Waals surface area (Å²) >= 11 is 0. The van der Waals surface area contributed by atoms with Gasteiger partial charge in [0.2, 0.25) is 6.23 Å². The van der Waals surface area contributed by atoms with Crippen molar-refractivity contribution in [2.75, 3.05) is 7.11 Å². The highest BCUT2D eigenvalue weighted by atomic mass is 19.1. The Balaban J connectivity index is 1.63. The van der Waals surface area contributed by atoms with E-state index in [1.54, 1.807) is 48.5 Å². The van der Waals surface area contributed by atoms with Gasteiger partial charge in [0.15, 0.2) is 0 Å². The molecule has 6 heteroatoms. The summed E-state index contributed by atoms with van der Waals surface area (Å²) in [5.74, 6) is 1.13. The molecule has 5 nitrogen and oxygen atoms in total. The fraction of sp³-hybridized carbons (Fsp3) is 0.174. The summed E-state index contributed by atoms with van der Waals surface area (Å²) in [5, 5.41) is 16.9. The Morgan fingerprint density at radius 1 is 1.07 bits per heavy atom. The lowest BCUT2D eigenvalue weighted by Crippen LogP contribution is -2.34. The lowest BCUT2D eigenvalue weighted by molar-refractivity contribution is -0.0212. The highest BCUT2D eigenvalue weighted by molar-refractivity contribution is 6.04. The monoisotopic (exact) mass is 390 g/mol. The summed E-state index contributed by atoms with van der Waals surface area (Å²) in [6.45, 7) is 0. The molecule has 1 N–H and O–H groups in total. The van der Waals surface area contributed by atoms with Crippen molar-refractivity contribution >= 4 is 5.71 Å². The van der Waals surface area contributed by atoms with Gasteiger partial charge in [-0.15, -0.1) is 0 Å². The molecule has 2 atom stereocenters. The molecule has 0 amide bonds. The van der Waals surface area contributed by atoms with Gasteiger partial charge >= 0.3 is 0 Å². The van der Waals surface area contributed by atoms with Crippen LogP contribution in [0.5, 0.6) is 17.2 Å². The van der Waals surface area contributed by atoms with E-state index in [1.807, 2.05) is 24.3 Å². The van der Waals surface area contributed by atoms with Gasteiger partial charge in [0.05, 0.1) is 24.4 Å². The molecule has 3 aromatic rings. The normalized spacial score (nSPS) is 19.8. The number of halogens is 1. The van der Waals surface area contributed by atoms with E-state index in [0.29, 0.717) is 34.8 Å². The Morgan fingerprint density at radius 2 is 1.83 bits per heavy atom. The van der Waals surface area contributed by atoms with E-state index in [0.717, 1.165) is 5.56 Å². The molecular formula is C23H19FN2O3. The first-order valence-electron chi connectivity index (χ1n) is 9.39. The third kappa shape index (κ3) is 2.88. The molecule has 0 unspecified atom stereocenters. The van der Waals surface area contributed by atoms with E-state index in [4.69, 9.17) is 14.6 Å². The average Bonchev–Trinajstić information content (AvgIpc) is 3.19. The highest BCUT2D eigenvalue weighted by Gasteiger charge is 2.42. The van der Waals surface area contributed by atoms with Crippen LogP contribution in [0, 0.1) is 5.82 Å². The van der Waals surface area contributed by atoms with E-state index >= 15 is 0 Å². The number of aromatic hydroxyl groups is 1. The zero-order chi connectivity index (χ0) is 20.0. The van der Waals surface area contributed by atoms with Crippen molar-refractivity contribution in [1.29, 1.82) is 0 Å². The van der Waals surface area contributed by atoms with Gasteiger partial charge in [-0.05, 0) is 30.3 Å². The molecule has 0 saturated carbocycles. The number of hydrazone groups is 1. The molecular weight excluding hydrogens is 371 g/mol. The van der Waals surface area contributed by atoms with Gasteiger partial charge in [0, 0.05) is 17.5 Å². The Bertz CT molecular complexity index is 1110. The number of phenols is 1. The molecule has 0 aliphatic carbocycles. The fourth-order valence-electron chi connectivity index (χ4n) is 3.95. The van der Waals surface area contributed by atoms with E-state index in [9.17, 15) is 9.50 Å². The maximum absolute atomic E-state index is 14.6. The van der Waals surface area contributed by atoms with Crippen LogP contribution in [0.1, 0.15) is 35.4 Å². The maximum Gasteiger partial charge on any atom is 0.216 e. The van der Waals surface area contributed by atoms with E-state index in [-0.39, 0.29) is 17.6 Å². The Hall–Kier alpha value is -3.54. The van der Waals surface area contributed by atoms with Crippen molar-refractivity contribution in [3.63, 3.8) is 0 Å². The number of nitrogens with zero attached hydrogens (tertiary/aromatic N) is 2. The van der Waals surface area contributed by atoms with Crippen molar-refractivity contribution in [3.8, 4) is 17.2 Å². The molecule has 0 radical (unpaired) electrons. The van der Waals surface area contributed by atoms with Crippen molar-refractivity contribution in [3.05, 3.63) is 89.2 Å². The minimum absolute atomic E-state index is 0.120. The van der Waals surface area contributed by atoms with Crippen LogP contribution >= 0.6 is 0 Å². The molecule has 146 valence electrons. The van der Waals surface area contributed by atoms with E-state index in [1.165, 1.54) is 6.07 Å². The van der Waals surface area contributed by atoms with Crippen LogP contribution in [0.25, 0.3) is 0 Å². The van der Waals surface area contributed by atoms with Crippen molar-refractivity contribution in [1.82, 2.24) is 5.01 Å². The molecule has 0 fully saturated rings. The number of fused-ring (bicyclic) bond motifs is 3. The lowest BCUT2D eigenvalue weighted by Gasteiger charge is -2.38. The number of ether oxygens (including phenoxy) is 2. The first kappa shape index (κ1) is 17.6. The standard InChI is InChI=1S/C23H19FN2O3/c1-28-14-10-11-21(27)17(12-14)19-13-20-16-7-3-5-9-22(16)29-23(26(20)25-19)15-6-2-4-8-18(15)24/h2-12,20,23,27H,13H2,1H3/t20-,23-/m1/s1. The number of hydrogen-bond acceptors (Lipinski definition) is 5. The second-order valence-corrected chi connectivity index (χ2v) is 7.06. The van der Waals surface area contributed by atoms with E-state index < -0.39 is 6.23 Å². The van der Waals surface area contributed by atoms with Crippen molar-refractivity contribution in [2.45, 2.75) is 18.7 Å². The maximum atomic E-state index is 14.6.